The van der Waals surface area contributed by atoms with Crippen LogP contribution in [-0.2, 0) is 9.53 Å². The Hall–Kier alpha value is -3.70. The third-order valence-electron chi connectivity index (χ3n) is 4.19. The van der Waals surface area contributed by atoms with Gasteiger partial charge in [0.15, 0.2) is 5.78 Å². The highest BCUT2D eigenvalue weighted by atomic mass is 35.5. The van der Waals surface area contributed by atoms with E-state index >= 15 is 0 Å². The first-order chi connectivity index (χ1) is 14.6. The fourth-order valence-corrected chi connectivity index (χ4v) is 2.81. The van der Waals surface area contributed by atoms with E-state index in [4.69, 9.17) is 16.3 Å². The largest absolute Gasteiger partial charge is 0.464 e. The molecule has 5 nitrogen and oxygen atoms in total. The smallest absolute Gasteiger partial charge is 0.356 e. The number of rotatable bonds is 7. The lowest BCUT2D eigenvalue weighted by atomic mass is 10.0. The second-order valence-corrected chi connectivity index (χ2v) is 6.66. The number of carbonyl (C=O) groups is 2. The number of ketones is 1. The molecule has 0 bridgehead atoms. The zero-order valence-electron chi connectivity index (χ0n) is 16.2. The number of benzene rings is 3. The Labute approximate surface area is 179 Å². The second-order valence-electron chi connectivity index (χ2n) is 6.23. The minimum atomic E-state index is -0.707. The van der Waals surface area contributed by atoms with Crippen LogP contribution in [0.5, 0.6) is 0 Å². The molecule has 0 saturated heterocycles. The van der Waals surface area contributed by atoms with E-state index in [2.05, 4.69) is 10.5 Å². The van der Waals surface area contributed by atoms with Crippen LogP contribution in [0.15, 0.2) is 102 Å². The van der Waals surface area contributed by atoms with Crippen LogP contribution in [0.25, 0.3) is 0 Å². The summed E-state index contributed by atoms with van der Waals surface area (Å²) in [7, 11) is 1.24. The molecule has 0 radical (unpaired) electrons. The minimum Gasteiger partial charge on any atom is -0.464 e. The molecule has 0 unspecified atom stereocenters. The fourth-order valence-electron chi connectivity index (χ4n) is 2.68. The standard InChI is InChI=1S/C24H19ClN2O3/c1-30-24(29)21(16-22(28)17-12-14-20(25)15-13-17)26-27-23(18-8-4-2-5-9-18)19-10-6-3-7-11-19/h2-16,26H,1H3. The molecule has 0 saturated carbocycles. The Kier molecular flexibility index (Phi) is 7.14. The number of hydrogen-bond acceptors (Lipinski definition) is 5. The predicted molar refractivity (Wildman–Crippen MR) is 118 cm³/mol. The van der Waals surface area contributed by atoms with E-state index in [0.717, 1.165) is 17.2 Å². The fraction of sp³-hybridized carbons (Fsp3) is 0.0417. The third-order valence-corrected chi connectivity index (χ3v) is 4.44. The first kappa shape index (κ1) is 21.0. The molecule has 3 aromatic carbocycles. The number of hydrogen-bond donors (Lipinski definition) is 1. The van der Waals surface area contributed by atoms with Crippen molar-refractivity contribution in [2.45, 2.75) is 0 Å². The summed E-state index contributed by atoms with van der Waals surface area (Å²) < 4.78 is 4.80. The third kappa shape index (κ3) is 5.43. The van der Waals surface area contributed by atoms with E-state index in [-0.39, 0.29) is 11.5 Å². The van der Waals surface area contributed by atoms with E-state index in [0.29, 0.717) is 16.3 Å². The van der Waals surface area contributed by atoms with E-state index < -0.39 is 5.97 Å². The van der Waals surface area contributed by atoms with E-state index in [1.165, 1.54) is 7.11 Å². The van der Waals surface area contributed by atoms with Crippen molar-refractivity contribution < 1.29 is 14.3 Å². The zero-order valence-corrected chi connectivity index (χ0v) is 17.0. The van der Waals surface area contributed by atoms with Crippen LogP contribution >= 0.6 is 11.6 Å². The number of hydrazone groups is 1. The topological polar surface area (TPSA) is 67.8 Å². The highest BCUT2D eigenvalue weighted by molar-refractivity contribution is 6.30. The summed E-state index contributed by atoms with van der Waals surface area (Å²) in [5.74, 6) is -1.09. The van der Waals surface area contributed by atoms with Gasteiger partial charge in [0.25, 0.3) is 0 Å². The summed E-state index contributed by atoms with van der Waals surface area (Å²) in [4.78, 5) is 24.8. The van der Waals surface area contributed by atoms with Crippen LogP contribution in [-0.4, -0.2) is 24.6 Å². The lowest BCUT2D eigenvalue weighted by Gasteiger charge is -2.10. The number of nitrogens with one attached hydrogen (secondary N) is 1. The van der Waals surface area contributed by atoms with Crippen LogP contribution in [0, 0.1) is 0 Å². The monoisotopic (exact) mass is 418 g/mol. The molecule has 0 amide bonds. The maximum Gasteiger partial charge on any atom is 0.356 e. The van der Waals surface area contributed by atoms with Gasteiger partial charge < -0.3 is 4.74 Å². The van der Waals surface area contributed by atoms with E-state index in [9.17, 15) is 9.59 Å². The summed E-state index contributed by atoms with van der Waals surface area (Å²) in [5.41, 5.74) is 5.33. The number of allylic oxidation sites excluding steroid dienone is 1. The van der Waals surface area contributed by atoms with E-state index in [1.807, 2.05) is 60.7 Å². The Morgan fingerprint density at radius 1 is 0.833 bits per heavy atom. The highest BCUT2D eigenvalue weighted by Gasteiger charge is 2.14. The average molecular weight is 419 g/mol. The lowest BCUT2D eigenvalue weighted by Crippen LogP contribution is -2.21. The van der Waals surface area contributed by atoms with E-state index in [1.54, 1.807) is 24.3 Å². The summed E-state index contributed by atoms with van der Waals surface area (Å²) in [6, 6.07) is 25.4. The van der Waals surface area contributed by atoms with Crippen molar-refractivity contribution in [3.05, 3.63) is 118 Å². The van der Waals surface area contributed by atoms with Crippen molar-refractivity contribution in [3.8, 4) is 0 Å². The number of esters is 1. The zero-order chi connectivity index (χ0) is 21.3. The maximum atomic E-state index is 12.6. The number of ether oxygens (including phenoxy) is 1. The predicted octanol–water partition coefficient (Wildman–Crippen LogP) is 4.62. The first-order valence-electron chi connectivity index (χ1n) is 9.13. The van der Waals surface area contributed by atoms with Crippen LogP contribution in [0.4, 0.5) is 0 Å². The molecule has 0 aliphatic carbocycles. The molecule has 0 atom stereocenters. The maximum absolute atomic E-state index is 12.6. The average Bonchev–Trinajstić information content (AvgIpc) is 2.79. The Balaban J connectivity index is 1.96. The quantitative estimate of drug-likeness (QED) is 0.200. The van der Waals surface area contributed by atoms with Crippen LogP contribution in [0.1, 0.15) is 21.5 Å². The van der Waals surface area contributed by atoms with Gasteiger partial charge in [-0.3, -0.25) is 10.2 Å². The molecule has 150 valence electrons. The van der Waals surface area contributed by atoms with Crippen molar-refractivity contribution in [3.63, 3.8) is 0 Å². The summed E-state index contributed by atoms with van der Waals surface area (Å²) in [6.07, 6.45) is 1.16. The Morgan fingerprint density at radius 3 is 1.87 bits per heavy atom. The Morgan fingerprint density at radius 2 is 1.37 bits per heavy atom. The second kappa shape index (κ2) is 10.2. The lowest BCUT2D eigenvalue weighted by molar-refractivity contribution is -0.136. The molecule has 0 spiro atoms. The molecule has 0 heterocycles. The van der Waals surface area contributed by atoms with Gasteiger partial charge in [0.1, 0.15) is 5.70 Å². The van der Waals surface area contributed by atoms with Gasteiger partial charge in [0.2, 0.25) is 0 Å². The first-order valence-corrected chi connectivity index (χ1v) is 9.50. The van der Waals surface area contributed by atoms with Gasteiger partial charge >= 0.3 is 5.97 Å². The van der Waals surface area contributed by atoms with Crippen molar-refractivity contribution in [2.75, 3.05) is 7.11 Å². The molecule has 0 aliphatic heterocycles. The molecule has 6 heteroatoms. The Bertz CT molecular complexity index is 1030. The van der Waals surface area contributed by atoms with Gasteiger partial charge in [-0.1, -0.05) is 72.3 Å². The summed E-state index contributed by atoms with van der Waals surface area (Å²) >= 11 is 5.87. The molecule has 0 fully saturated rings. The van der Waals surface area contributed by atoms with Crippen molar-refractivity contribution >= 4 is 29.1 Å². The van der Waals surface area contributed by atoms with Gasteiger partial charge in [0.05, 0.1) is 12.8 Å². The van der Waals surface area contributed by atoms with Crippen molar-refractivity contribution in [1.29, 1.82) is 0 Å². The van der Waals surface area contributed by atoms with Crippen LogP contribution in [0.3, 0.4) is 0 Å². The minimum absolute atomic E-state index is 0.0817. The van der Waals surface area contributed by atoms with Gasteiger partial charge in [-0.25, -0.2) is 4.79 Å². The van der Waals surface area contributed by atoms with Crippen LogP contribution in [0.2, 0.25) is 5.02 Å². The highest BCUT2D eigenvalue weighted by Crippen LogP contribution is 2.13. The summed E-state index contributed by atoms with van der Waals surface area (Å²) in [6.45, 7) is 0. The van der Waals surface area contributed by atoms with Gasteiger partial charge in [-0.15, -0.1) is 0 Å². The number of methoxy groups -OCH3 is 1. The summed E-state index contributed by atoms with van der Waals surface area (Å²) in [5, 5.41) is 4.93. The van der Waals surface area contributed by atoms with Crippen molar-refractivity contribution in [2.24, 2.45) is 5.10 Å². The number of nitrogens with zero attached hydrogens (tertiary/aromatic N) is 1. The van der Waals surface area contributed by atoms with Crippen LogP contribution < -0.4 is 5.43 Å². The normalized spacial score (nSPS) is 10.8. The molecule has 30 heavy (non-hydrogen) atoms. The number of halogens is 1. The SMILES string of the molecule is COC(=O)C(=CC(=O)c1ccc(Cl)cc1)NN=C(c1ccccc1)c1ccccc1. The van der Waals surface area contributed by atoms with Gasteiger partial charge in [-0.05, 0) is 24.3 Å². The molecule has 1 N–H and O–H groups in total. The molecular weight excluding hydrogens is 400 g/mol. The van der Waals surface area contributed by atoms with Gasteiger partial charge in [-0.2, -0.15) is 5.10 Å². The van der Waals surface area contributed by atoms with Crippen molar-refractivity contribution in [1.82, 2.24) is 5.43 Å². The molecule has 0 aromatic heterocycles. The van der Waals surface area contributed by atoms with Gasteiger partial charge in [0, 0.05) is 27.8 Å². The molecule has 3 rings (SSSR count). The number of carbonyl (C=O) groups excluding carboxylic acids is 2. The molecule has 0 aliphatic rings. The molecule has 3 aromatic rings. The molecular formula is C24H19ClN2O3.